The van der Waals surface area contributed by atoms with Crippen molar-refractivity contribution < 1.29 is 32.5 Å². The van der Waals surface area contributed by atoms with Gasteiger partial charge in [0.1, 0.15) is 4.90 Å². The molecule has 1 atom stereocenters. The van der Waals surface area contributed by atoms with E-state index in [2.05, 4.69) is 4.18 Å². The number of hydrogen-bond acceptors (Lipinski definition) is 8. The predicted octanol–water partition coefficient (Wildman–Crippen LogP) is -0.820. The van der Waals surface area contributed by atoms with Crippen molar-refractivity contribution in [3.8, 4) is 0 Å². The lowest BCUT2D eigenvalue weighted by atomic mass is 10.3. The molecule has 19 heavy (non-hydrogen) atoms. The summed E-state index contributed by atoms with van der Waals surface area (Å²) in [6, 6.07) is 3.60. The molecule has 0 aliphatic heterocycles. The van der Waals surface area contributed by atoms with Crippen molar-refractivity contribution >= 4 is 21.8 Å². The van der Waals surface area contributed by atoms with Crippen molar-refractivity contribution in [1.29, 1.82) is 0 Å². The average Bonchev–Trinajstić information content (AvgIpc) is 2.37. The summed E-state index contributed by atoms with van der Waals surface area (Å²) in [5, 5.41) is 27.7. The highest BCUT2D eigenvalue weighted by molar-refractivity contribution is 7.87. The lowest BCUT2D eigenvalue weighted by Gasteiger charge is -2.08. The van der Waals surface area contributed by atoms with Crippen LogP contribution in [0, 0.1) is 10.1 Å². The Bertz CT molecular complexity index is 579. The summed E-state index contributed by atoms with van der Waals surface area (Å²) in [5.74, 6) is -1.54. The van der Waals surface area contributed by atoms with E-state index >= 15 is 0 Å². The molecule has 0 spiro atoms. The van der Waals surface area contributed by atoms with Crippen molar-refractivity contribution in [3.63, 3.8) is 0 Å². The minimum atomic E-state index is -4.50. The van der Waals surface area contributed by atoms with Crippen molar-refractivity contribution in [2.24, 2.45) is 0 Å². The number of nitro groups is 1. The summed E-state index contributed by atoms with van der Waals surface area (Å²) in [4.78, 5) is 20.2. The molecule has 0 aromatic heterocycles. The van der Waals surface area contributed by atoms with Crippen molar-refractivity contribution in [1.82, 2.24) is 0 Å². The summed E-state index contributed by atoms with van der Waals surface area (Å²) < 4.78 is 27.1. The highest BCUT2D eigenvalue weighted by Crippen LogP contribution is 2.17. The van der Waals surface area contributed by atoms with E-state index in [1.165, 1.54) is 0 Å². The van der Waals surface area contributed by atoms with Gasteiger partial charge in [-0.15, -0.1) is 0 Å². The number of carbonyl (C=O) groups excluding carboxylic acids is 1. The molecule has 0 saturated carbocycles. The van der Waals surface area contributed by atoms with E-state index in [1.807, 2.05) is 0 Å². The number of carbonyl (C=O) groups is 1. The maximum atomic E-state index is 11.5. The number of aliphatic hydroxyl groups is 2. The van der Waals surface area contributed by atoms with E-state index in [-0.39, 0.29) is 5.69 Å². The van der Waals surface area contributed by atoms with Crippen LogP contribution in [0.25, 0.3) is 0 Å². The van der Waals surface area contributed by atoms with Gasteiger partial charge in [0.2, 0.25) is 0 Å². The van der Waals surface area contributed by atoms with Crippen LogP contribution in [0.4, 0.5) is 5.69 Å². The Kier molecular flexibility index (Phi) is 4.53. The zero-order valence-corrected chi connectivity index (χ0v) is 10.1. The van der Waals surface area contributed by atoms with Crippen LogP contribution in [0.2, 0.25) is 0 Å². The van der Waals surface area contributed by atoms with Gasteiger partial charge in [0, 0.05) is 12.1 Å². The lowest BCUT2D eigenvalue weighted by molar-refractivity contribution is -0.384. The van der Waals surface area contributed by atoms with E-state index in [0.29, 0.717) is 0 Å². The highest BCUT2D eigenvalue weighted by atomic mass is 32.2. The maximum Gasteiger partial charge on any atom is 0.353 e. The third-order valence-corrected chi connectivity index (χ3v) is 3.21. The van der Waals surface area contributed by atoms with Crippen molar-refractivity contribution in [2.45, 2.75) is 11.0 Å². The second-order valence-corrected chi connectivity index (χ2v) is 4.85. The Morgan fingerprint density at radius 2 is 1.89 bits per heavy atom. The molecule has 9 nitrogen and oxygen atoms in total. The van der Waals surface area contributed by atoms with E-state index in [1.54, 1.807) is 0 Å². The molecule has 1 aromatic rings. The molecular formula is C9H9NO8S. The van der Waals surface area contributed by atoms with Crippen LogP contribution in [0.15, 0.2) is 29.2 Å². The molecule has 1 aromatic carbocycles. The van der Waals surface area contributed by atoms with Crippen LogP contribution < -0.4 is 0 Å². The van der Waals surface area contributed by atoms with Gasteiger partial charge in [-0.05, 0) is 12.1 Å². The zero-order chi connectivity index (χ0) is 14.6. The molecule has 0 aliphatic rings. The van der Waals surface area contributed by atoms with Gasteiger partial charge >= 0.3 is 16.1 Å². The van der Waals surface area contributed by atoms with E-state index in [4.69, 9.17) is 10.2 Å². The van der Waals surface area contributed by atoms with Crippen LogP contribution in [0.3, 0.4) is 0 Å². The number of nitrogens with zero attached hydrogens (tertiary/aromatic N) is 1. The maximum absolute atomic E-state index is 11.5. The molecule has 1 rings (SSSR count). The van der Waals surface area contributed by atoms with Gasteiger partial charge in [-0.1, -0.05) is 0 Å². The van der Waals surface area contributed by atoms with Crippen LogP contribution in [0.5, 0.6) is 0 Å². The smallest absolute Gasteiger partial charge is 0.353 e. The molecule has 0 radical (unpaired) electrons. The molecule has 10 heteroatoms. The van der Waals surface area contributed by atoms with E-state index in [9.17, 15) is 23.3 Å². The first-order valence-electron chi connectivity index (χ1n) is 4.79. The van der Waals surface area contributed by atoms with Gasteiger partial charge in [-0.2, -0.15) is 8.42 Å². The summed E-state index contributed by atoms with van der Waals surface area (Å²) in [7, 11) is -4.50. The van der Waals surface area contributed by atoms with Gasteiger partial charge in [0.15, 0.2) is 6.10 Å². The fraction of sp³-hybridized carbons (Fsp3) is 0.222. The number of aliphatic hydroxyl groups excluding tert-OH is 2. The Labute approximate surface area is 107 Å². The van der Waals surface area contributed by atoms with Gasteiger partial charge in [-0.3, -0.25) is 10.1 Å². The standard InChI is InChI=1S/C9H9NO8S/c11-5-8(12)9(13)18-19(16,17)7-3-1-6(2-4-7)10(14)15/h1-4,8,11-12H,5H2. The monoisotopic (exact) mass is 291 g/mol. The number of hydrogen-bond donors (Lipinski definition) is 2. The summed E-state index contributed by atoms with van der Waals surface area (Å²) in [6.45, 7) is -0.991. The molecule has 0 amide bonds. The minimum absolute atomic E-state index is 0.333. The fourth-order valence-electron chi connectivity index (χ4n) is 1.02. The molecule has 2 N–H and O–H groups in total. The lowest BCUT2D eigenvalue weighted by Crippen LogP contribution is -2.28. The number of nitro benzene ring substituents is 1. The van der Waals surface area contributed by atoms with Gasteiger partial charge in [0.25, 0.3) is 5.69 Å². The molecule has 104 valence electrons. The first-order chi connectivity index (χ1) is 8.77. The molecule has 0 saturated heterocycles. The van der Waals surface area contributed by atoms with E-state index < -0.39 is 38.6 Å². The second kappa shape index (κ2) is 5.73. The summed E-state index contributed by atoms with van der Waals surface area (Å²) in [5.41, 5.74) is -0.333. The third-order valence-electron chi connectivity index (χ3n) is 1.97. The Balaban J connectivity index is 2.95. The molecule has 0 aliphatic carbocycles. The molecule has 1 unspecified atom stereocenters. The van der Waals surface area contributed by atoms with Crippen molar-refractivity contribution in [3.05, 3.63) is 34.4 Å². The quantitative estimate of drug-likeness (QED) is 0.406. The van der Waals surface area contributed by atoms with Gasteiger partial charge in [0.05, 0.1) is 11.5 Å². The van der Waals surface area contributed by atoms with Gasteiger partial charge in [-0.25, -0.2) is 4.79 Å². The molecule has 0 bridgehead atoms. The van der Waals surface area contributed by atoms with Crippen LogP contribution in [-0.2, 0) is 19.1 Å². The van der Waals surface area contributed by atoms with Crippen LogP contribution >= 0.6 is 0 Å². The fourth-order valence-corrected chi connectivity index (χ4v) is 1.91. The number of rotatable bonds is 5. The van der Waals surface area contributed by atoms with Gasteiger partial charge < -0.3 is 14.4 Å². The first-order valence-corrected chi connectivity index (χ1v) is 6.20. The van der Waals surface area contributed by atoms with Crippen molar-refractivity contribution in [2.75, 3.05) is 6.61 Å². The van der Waals surface area contributed by atoms with E-state index in [0.717, 1.165) is 24.3 Å². The van der Waals surface area contributed by atoms with Crippen LogP contribution in [-0.4, -0.2) is 42.2 Å². The Hall–Kier alpha value is -2.04. The first kappa shape index (κ1) is 15.0. The minimum Gasteiger partial charge on any atom is -0.393 e. The average molecular weight is 291 g/mol. The molecule has 0 heterocycles. The Morgan fingerprint density at radius 1 is 1.37 bits per heavy atom. The summed E-state index contributed by atoms with van der Waals surface area (Å²) >= 11 is 0. The summed E-state index contributed by atoms with van der Waals surface area (Å²) in [6.07, 6.45) is -1.98. The number of benzene rings is 1. The Morgan fingerprint density at radius 3 is 2.32 bits per heavy atom. The topological polar surface area (TPSA) is 144 Å². The normalized spacial score (nSPS) is 12.7. The number of non-ortho nitro benzene ring substituents is 1. The highest BCUT2D eigenvalue weighted by Gasteiger charge is 2.25. The zero-order valence-electron chi connectivity index (χ0n) is 9.29. The predicted molar refractivity (Wildman–Crippen MR) is 59.5 cm³/mol. The third kappa shape index (κ3) is 3.71. The SMILES string of the molecule is O=C(OS(=O)(=O)c1ccc([N+](=O)[O-])cc1)C(O)CO. The largest absolute Gasteiger partial charge is 0.393 e. The molecule has 0 fully saturated rings. The molecular weight excluding hydrogens is 282 g/mol. The van der Waals surface area contributed by atoms with Crippen LogP contribution in [0.1, 0.15) is 0 Å². The second-order valence-electron chi connectivity index (χ2n) is 3.31.